The minimum Gasteiger partial charge on any atom is -0.494 e. The Morgan fingerprint density at radius 2 is 2.00 bits per heavy atom. The van der Waals surface area contributed by atoms with Gasteiger partial charge >= 0.3 is 5.97 Å². The topological polar surface area (TPSA) is 90.4 Å². The highest BCUT2D eigenvalue weighted by molar-refractivity contribution is 7.10. The Morgan fingerprint density at radius 1 is 1.26 bits per heavy atom. The summed E-state index contributed by atoms with van der Waals surface area (Å²) >= 11 is 0.914. The maximum atomic E-state index is 12.2. The zero-order valence-corrected chi connectivity index (χ0v) is 13.7. The monoisotopic (exact) mass is 335 g/mol. The van der Waals surface area contributed by atoms with Gasteiger partial charge in [0.15, 0.2) is 5.00 Å². The van der Waals surface area contributed by atoms with Gasteiger partial charge < -0.3 is 14.8 Å². The lowest BCUT2D eigenvalue weighted by Gasteiger charge is -2.07. The van der Waals surface area contributed by atoms with Crippen LogP contribution >= 0.6 is 11.5 Å². The molecule has 7 nitrogen and oxygen atoms in total. The van der Waals surface area contributed by atoms with Gasteiger partial charge in [-0.3, -0.25) is 4.79 Å². The maximum absolute atomic E-state index is 12.2. The van der Waals surface area contributed by atoms with Gasteiger partial charge in [0.05, 0.1) is 13.7 Å². The van der Waals surface area contributed by atoms with Gasteiger partial charge in [0.1, 0.15) is 5.75 Å². The summed E-state index contributed by atoms with van der Waals surface area (Å²) in [5.41, 5.74) is 0.433. The lowest BCUT2D eigenvalue weighted by Crippen LogP contribution is -2.14. The number of hydrogen-bond donors (Lipinski definition) is 1. The number of unbranched alkanes of at least 4 members (excludes halogenated alkanes) is 1. The number of esters is 1. The van der Waals surface area contributed by atoms with Crippen LogP contribution in [0.4, 0.5) is 5.00 Å². The zero-order chi connectivity index (χ0) is 16.7. The van der Waals surface area contributed by atoms with E-state index in [1.807, 2.05) is 0 Å². The van der Waals surface area contributed by atoms with Crippen molar-refractivity contribution in [2.45, 2.75) is 19.8 Å². The molecule has 2 aromatic rings. The second-order valence-electron chi connectivity index (χ2n) is 4.62. The smallest absolute Gasteiger partial charge is 0.361 e. The van der Waals surface area contributed by atoms with Crippen molar-refractivity contribution in [2.24, 2.45) is 0 Å². The quantitative estimate of drug-likeness (QED) is 0.618. The Morgan fingerprint density at radius 3 is 2.65 bits per heavy atom. The molecule has 0 aliphatic heterocycles. The second kappa shape index (κ2) is 8.23. The summed E-state index contributed by atoms with van der Waals surface area (Å²) in [5.74, 6) is -0.292. The van der Waals surface area contributed by atoms with Crippen LogP contribution < -0.4 is 10.1 Å². The number of hydrogen-bond acceptors (Lipinski definition) is 7. The summed E-state index contributed by atoms with van der Waals surface area (Å²) in [6.07, 6.45) is 2.04. The summed E-state index contributed by atoms with van der Waals surface area (Å²) in [6.45, 7) is 2.74. The molecule has 0 saturated carbocycles. The van der Waals surface area contributed by atoms with Gasteiger partial charge in [-0.15, -0.1) is 5.10 Å². The van der Waals surface area contributed by atoms with Gasteiger partial charge in [-0.1, -0.05) is 17.8 Å². The predicted octanol–water partition coefficient (Wildman–Crippen LogP) is 2.76. The van der Waals surface area contributed by atoms with Crippen molar-refractivity contribution < 1.29 is 19.1 Å². The van der Waals surface area contributed by atoms with Crippen molar-refractivity contribution in [1.29, 1.82) is 0 Å². The van der Waals surface area contributed by atoms with E-state index in [1.165, 1.54) is 7.11 Å². The third-order valence-electron chi connectivity index (χ3n) is 2.98. The van der Waals surface area contributed by atoms with E-state index in [9.17, 15) is 9.59 Å². The number of ether oxygens (including phenoxy) is 2. The fraction of sp³-hybridized carbons (Fsp3) is 0.333. The number of benzene rings is 1. The molecule has 0 atom stereocenters. The SMILES string of the molecule is CCCCOc1ccc(C(=O)Nc2snnc2C(=O)OC)cc1. The molecule has 0 aliphatic carbocycles. The molecule has 2 rings (SSSR count). The summed E-state index contributed by atoms with van der Waals surface area (Å²) in [6, 6.07) is 6.78. The molecule has 0 fully saturated rings. The molecule has 0 spiro atoms. The van der Waals surface area contributed by atoms with Gasteiger partial charge in [-0.2, -0.15) is 0 Å². The number of carbonyl (C=O) groups is 2. The fourth-order valence-corrected chi connectivity index (χ4v) is 2.27. The summed E-state index contributed by atoms with van der Waals surface area (Å²) in [4.78, 5) is 23.7. The maximum Gasteiger partial charge on any atom is 0.361 e. The third kappa shape index (κ3) is 4.49. The van der Waals surface area contributed by atoms with E-state index in [0.29, 0.717) is 17.9 Å². The first-order chi connectivity index (χ1) is 11.2. The van der Waals surface area contributed by atoms with Crippen LogP contribution in [0.1, 0.15) is 40.6 Å². The average Bonchev–Trinajstić information content (AvgIpc) is 3.03. The highest BCUT2D eigenvalue weighted by atomic mass is 32.1. The van der Waals surface area contributed by atoms with Crippen LogP contribution in [0.2, 0.25) is 0 Å². The normalized spacial score (nSPS) is 10.2. The van der Waals surface area contributed by atoms with E-state index in [-0.39, 0.29) is 16.6 Å². The third-order valence-corrected chi connectivity index (χ3v) is 3.62. The van der Waals surface area contributed by atoms with E-state index < -0.39 is 5.97 Å². The van der Waals surface area contributed by atoms with Gasteiger partial charge in [0.25, 0.3) is 5.91 Å². The molecule has 1 N–H and O–H groups in total. The number of amides is 1. The fourth-order valence-electron chi connectivity index (χ4n) is 1.72. The summed E-state index contributed by atoms with van der Waals surface area (Å²) < 4.78 is 13.8. The van der Waals surface area contributed by atoms with E-state index >= 15 is 0 Å². The van der Waals surface area contributed by atoms with E-state index in [2.05, 4.69) is 26.6 Å². The first-order valence-electron chi connectivity index (χ1n) is 7.10. The predicted molar refractivity (Wildman–Crippen MR) is 86.0 cm³/mol. The number of nitrogens with zero attached hydrogens (tertiary/aromatic N) is 2. The number of anilines is 1. The molecule has 23 heavy (non-hydrogen) atoms. The van der Waals surface area contributed by atoms with Crippen LogP contribution in [0.25, 0.3) is 0 Å². The van der Waals surface area contributed by atoms with Crippen molar-refractivity contribution in [2.75, 3.05) is 19.0 Å². The first kappa shape index (κ1) is 16.9. The molecule has 122 valence electrons. The molecular formula is C15H17N3O4S. The Bertz CT molecular complexity index is 670. The standard InChI is InChI=1S/C15H17N3O4S/c1-3-4-9-22-11-7-5-10(6-8-11)13(19)16-14-12(15(20)21-2)17-18-23-14/h5-8H,3-4,9H2,1-2H3,(H,16,19). The number of carbonyl (C=O) groups excluding carboxylic acids is 2. The molecule has 8 heteroatoms. The Balaban J connectivity index is 2.01. The Hall–Kier alpha value is -2.48. The number of rotatable bonds is 7. The van der Waals surface area contributed by atoms with Crippen molar-refractivity contribution in [3.05, 3.63) is 35.5 Å². The molecule has 1 aromatic carbocycles. The average molecular weight is 335 g/mol. The molecule has 1 amide bonds. The van der Waals surface area contributed by atoms with E-state index in [1.54, 1.807) is 24.3 Å². The Labute approximate surface area is 137 Å². The number of nitrogens with one attached hydrogen (secondary N) is 1. The number of aromatic nitrogens is 2. The van der Waals surface area contributed by atoms with Crippen molar-refractivity contribution in [1.82, 2.24) is 9.59 Å². The van der Waals surface area contributed by atoms with Crippen LogP contribution in [0.15, 0.2) is 24.3 Å². The van der Waals surface area contributed by atoms with Crippen LogP contribution in [0.5, 0.6) is 5.75 Å². The van der Waals surface area contributed by atoms with Crippen LogP contribution in [-0.2, 0) is 4.74 Å². The molecule has 1 aromatic heterocycles. The van der Waals surface area contributed by atoms with E-state index in [4.69, 9.17) is 4.74 Å². The van der Waals surface area contributed by atoms with Crippen molar-refractivity contribution in [3.8, 4) is 5.75 Å². The first-order valence-corrected chi connectivity index (χ1v) is 7.88. The van der Waals surface area contributed by atoms with Gasteiger partial charge in [-0.25, -0.2) is 4.79 Å². The molecule has 0 radical (unpaired) electrons. The highest BCUT2D eigenvalue weighted by Crippen LogP contribution is 2.20. The van der Waals surface area contributed by atoms with Crippen molar-refractivity contribution in [3.63, 3.8) is 0 Å². The zero-order valence-electron chi connectivity index (χ0n) is 12.9. The van der Waals surface area contributed by atoms with Gasteiger partial charge in [-0.05, 0) is 30.7 Å². The van der Waals surface area contributed by atoms with Crippen molar-refractivity contribution >= 4 is 28.4 Å². The summed E-state index contributed by atoms with van der Waals surface area (Å²) in [5, 5.41) is 6.51. The lowest BCUT2D eigenvalue weighted by atomic mass is 10.2. The highest BCUT2D eigenvalue weighted by Gasteiger charge is 2.19. The van der Waals surface area contributed by atoms with E-state index in [0.717, 1.165) is 24.4 Å². The number of methoxy groups -OCH3 is 1. The largest absolute Gasteiger partial charge is 0.494 e. The minimum absolute atomic E-state index is 0.00892. The molecule has 0 aliphatic rings. The second-order valence-corrected chi connectivity index (χ2v) is 5.38. The van der Waals surface area contributed by atoms with Crippen LogP contribution in [0, 0.1) is 0 Å². The van der Waals surface area contributed by atoms with Crippen LogP contribution in [0.3, 0.4) is 0 Å². The molecule has 0 bridgehead atoms. The molecule has 0 unspecified atom stereocenters. The summed E-state index contributed by atoms with van der Waals surface area (Å²) in [7, 11) is 1.24. The molecule has 1 heterocycles. The lowest BCUT2D eigenvalue weighted by molar-refractivity contribution is 0.0595. The van der Waals surface area contributed by atoms with Gasteiger partial charge in [0.2, 0.25) is 5.69 Å². The molecular weight excluding hydrogens is 318 g/mol. The van der Waals surface area contributed by atoms with Crippen LogP contribution in [-0.4, -0.2) is 35.2 Å². The molecule has 0 saturated heterocycles. The Kier molecular flexibility index (Phi) is 6.04. The van der Waals surface area contributed by atoms with Gasteiger partial charge in [0, 0.05) is 17.1 Å². The minimum atomic E-state index is -0.645.